The Labute approximate surface area is 121 Å². The van der Waals surface area contributed by atoms with Crippen molar-refractivity contribution in [2.24, 2.45) is 0 Å². The molecule has 0 amide bonds. The fourth-order valence-electron chi connectivity index (χ4n) is 2.87. The second-order valence-corrected chi connectivity index (χ2v) is 6.40. The van der Waals surface area contributed by atoms with Crippen LogP contribution >= 0.6 is 0 Å². The molecule has 1 atom stereocenters. The topological polar surface area (TPSA) is 29.5 Å². The second-order valence-electron chi connectivity index (χ2n) is 6.40. The highest BCUT2D eigenvalue weighted by molar-refractivity contribution is 6.00. The Bertz CT molecular complexity index is 508. The van der Waals surface area contributed by atoms with Crippen molar-refractivity contribution in [3.63, 3.8) is 0 Å². The summed E-state index contributed by atoms with van der Waals surface area (Å²) in [5.74, 6) is 0.197. The molecule has 0 saturated carbocycles. The van der Waals surface area contributed by atoms with E-state index in [0.29, 0.717) is 13.2 Å². The third-order valence-electron chi connectivity index (χ3n) is 4.35. The van der Waals surface area contributed by atoms with Gasteiger partial charge in [-0.25, -0.2) is 0 Å². The van der Waals surface area contributed by atoms with Gasteiger partial charge >= 0.3 is 0 Å². The van der Waals surface area contributed by atoms with Gasteiger partial charge in [0.15, 0.2) is 5.78 Å². The number of ether oxygens (including phenoxy) is 1. The van der Waals surface area contributed by atoms with Gasteiger partial charge in [-0.1, -0.05) is 12.1 Å². The van der Waals surface area contributed by atoms with Gasteiger partial charge in [0.25, 0.3) is 0 Å². The molecular formula is C17H25NO2. The lowest BCUT2D eigenvalue weighted by Crippen LogP contribution is -2.58. The smallest absolute Gasteiger partial charge is 0.179 e. The van der Waals surface area contributed by atoms with Crippen LogP contribution in [0.4, 0.5) is 0 Å². The van der Waals surface area contributed by atoms with Crippen molar-refractivity contribution in [1.82, 2.24) is 4.90 Å². The fraction of sp³-hybridized carbons (Fsp3) is 0.588. The van der Waals surface area contributed by atoms with E-state index in [1.165, 1.54) is 11.1 Å². The molecule has 1 aromatic carbocycles. The van der Waals surface area contributed by atoms with E-state index < -0.39 is 0 Å². The van der Waals surface area contributed by atoms with E-state index in [0.717, 1.165) is 12.1 Å². The number of ketones is 1. The number of carbonyl (C=O) groups is 1. The lowest BCUT2D eigenvalue weighted by atomic mass is 9.95. The number of carbonyl (C=O) groups excluding carboxylic acids is 1. The molecule has 1 aromatic rings. The molecule has 0 spiro atoms. The number of morpholine rings is 1. The monoisotopic (exact) mass is 275 g/mol. The number of nitrogens with zero attached hydrogens (tertiary/aromatic N) is 1. The van der Waals surface area contributed by atoms with E-state index in [2.05, 4.69) is 32.6 Å². The minimum atomic E-state index is -0.115. The van der Waals surface area contributed by atoms with Crippen molar-refractivity contribution in [1.29, 1.82) is 0 Å². The Hall–Kier alpha value is -1.19. The number of benzene rings is 1. The lowest BCUT2D eigenvalue weighted by molar-refractivity contribution is -0.0626. The summed E-state index contributed by atoms with van der Waals surface area (Å²) in [5.41, 5.74) is 3.11. The zero-order valence-electron chi connectivity index (χ0n) is 13.2. The van der Waals surface area contributed by atoms with Crippen LogP contribution in [-0.2, 0) is 4.74 Å². The maximum atomic E-state index is 12.7. The summed E-state index contributed by atoms with van der Waals surface area (Å²) in [7, 11) is 0. The molecule has 0 bridgehead atoms. The number of hydrogen-bond donors (Lipinski definition) is 0. The molecule has 1 saturated heterocycles. The lowest BCUT2D eigenvalue weighted by Gasteiger charge is -2.45. The van der Waals surface area contributed by atoms with Crippen LogP contribution in [0.5, 0.6) is 0 Å². The molecule has 1 heterocycles. The molecule has 1 aliphatic heterocycles. The van der Waals surface area contributed by atoms with Crippen molar-refractivity contribution in [2.45, 2.75) is 46.2 Å². The Kier molecular flexibility index (Phi) is 4.31. The second kappa shape index (κ2) is 5.66. The predicted octanol–water partition coefficient (Wildman–Crippen LogP) is 2.99. The number of Topliss-reactive ketones (excluding diaryl/α,β-unsaturated/α-hetero) is 1. The summed E-state index contributed by atoms with van der Waals surface area (Å²) < 4.78 is 5.53. The van der Waals surface area contributed by atoms with Gasteiger partial charge in [-0.2, -0.15) is 0 Å². The van der Waals surface area contributed by atoms with Crippen LogP contribution in [-0.4, -0.2) is 42.0 Å². The van der Waals surface area contributed by atoms with Gasteiger partial charge < -0.3 is 4.74 Å². The summed E-state index contributed by atoms with van der Waals surface area (Å²) in [6.45, 7) is 12.6. The largest absolute Gasteiger partial charge is 0.378 e. The van der Waals surface area contributed by atoms with Gasteiger partial charge in [0.05, 0.1) is 19.3 Å². The normalized spacial score (nSPS) is 20.6. The molecule has 0 aliphatic carbocycles. The van der Waals surface area contributed by atoms with Crippen LogP contribution < -0.4 is 0 Å². The first-order chi connectivity index (χ1) is 9.33. The fourth-order valence-corrected chi connectivity index (χ4v) is 2.87. The molecule has 0 aromatic heterocycles. The van der Waals surface area contributed by atoms with Crippen LogP contribution in [0.25, 0.3) is 0 Å². The maximum Gasteiger partial charge on any atom is 0.179 e. The van der Waals surface area contributed by atoms with Crippen LogP contribution in [0, 0.1) is 13.8 Å². The average Bonchev–Trinajstić information content (AvgIpc) is 2.40. The molecule has 1 fully saturated rings. The summed E-state index contributed by atoms with van der Waals surface area (Å²) in [6.07, 6.45) is 0. The SMILES string of the molecule is Cc1ccc(C(=O)C(C)N2CCOCC2(C)C)cc1C. The molecule has 0 N–H and O–H groups in total. The van der Waals surface area contributed by atoms with Crippen LogP contribution in [0.15, 0.2) is 18.2 Å². The third kappa shape index (κ3) is 2.94. The molecule has 3 heteroatoms. The molecule has 1 aliphatic rings. The molecular weight excluding hydrogens is 250 g/mol. The maximum absolute atomic E-state index is 12.7. The van der Waals surface area contributed by atoms with E-state index in [1.807, 2.05) is 25.1 Å². The predicted molar refractivity (Wildman–Crippen MR) is 81.3 cm³/mol. The average molecular weight is 275 g/mol. The first kappa shape index (κ1) is 15.2. The minimum absolute atomic E-state index is 0.0902. The van der Waals surface area contributed by atoms with Gasteiger partial charge in [0.2, 0.25) is 0 Å². The molecule has 20 heavy (non-hydrogen) atoms. The first-order valence-corrected chi connectivity index (χ1v) is 7.29. The highest BCUT2D eigenvalue weighted by Gasteiger charge is 2.36. The summed E-state index contributed by atoms with van der Waals surface area (Å²) in [4.78, 5) is 15.0. The molecule has 0 radical (unpaired) electrons. The summed E-state index contributed by atoms with van der Waals surface area (Å²) in [5, 5.41) is 0. The van der Waals surface area contributed by atoms with Crippen molar-refractivity contribution < 1.29 is 9.53 Å². The van der Waals surface area contributed by atoms with Crippen LogP contribution in [0.2, 0.25) is 0 Å². The summed E-state index contributed by atoms with van der Waals surface area (Å²) >= 11 is 0. The minimum Gasteiger partial charge on any atom is -0.378 e. The third-order valence-corrected chi connectivity index (χ3v) is 4.35. The quantitative estimate of drug-likeness (QED) is 0.794. The van der Waals surface area contributed by atoms with Crippen molar-refractivity contribution >= 4 is 5.78 Å². The highest BCUT2D eigenvalue weighted by Crippen LogP contribution is 2.24. The molecule has 110 valence electrons. The highest BCUT2D eigenvalue weighted by atomic mass is 16.5. The van der Waals surface area contributed by atoms with Crippen molar-refractivity contribution in [3.05, 3.63) is 34.9 Å². The van der Waals surface area contributed by atoms with Gasteiger partial charge in [-0.15, -0.1) is 0 Å². The number of rotatable bonds is 3. The first-order valence-electron chi connectivity index (χ1n) is 7.29. The van der Waals surface area contributed by atoms with Crippen LogP contribution in [0.1, 0.15) is 42.3 Å². The Morgan fingerprint density at radius 1 is 1.30 bits per heavy atom. The van der Waals surface area contributed by atoms with E-state index >= 15 is 0 Å². The molecule has 3 nitrogen and oxygen atoms in total. The number of hydrogen-bond acceptors (Lipinski definition) is 3. The summed E-state index contributed by atoms with van der Waals surface area (Å²) in [6, 6.07) is 5.85. The van der Waals surface area contributed by atoms with Gasteiger partial charge in [-0.3, -0.25) is 9.69 Å². The van der Waals surface area contributed by atoms with Crippen molar-refractivity contribution in [2.75, 3.05) is 19.8 Å². The van der Waals surface area contributed by atoms with Crippen molar-refractivity contribution in [3.8, 4) is 0 Å². The van der Waals surface area contributed by atoms with E-state index in [-0.39, 0.29) is 17.4 Å². The van der Waals surface area contributed by atoms with Crippen LogP contribution in [0.3, 0.4) is 0 Å². The molecule has 2 rings (SSSR count). The van der Waals surface area contributed by atoms with E-state index in [1.54, 1.807) is 0 Å². The Balaban J connectivity index is 2.21. The standard InChI is InChI=1S/C17H25NO2/c1-12-6-7-15(10-13(12)2)16(19)14(3)18-8-9-20-11-17(18,4)5/h6-7,10,14H,8-9,11H2,1-5H3. The van der Waals surface area contributed by atoms with E-state index in [9.17, 15) is 4.79 Å². The Morgan fingerprint density at radius 3 is 2.60 bits per heavy atom. The Morgan fingerprint density at radius 2 is 2.00 bits per heavy atom. The van der Waals surface area contributed by atoms with Gasteiger partial charge in [0, 0.05) is 17.6 Å². The van der Waals surface area contributed by atoms with E-state index in [4.69, 9.17) is 4.74 Å². The zero-order valence-corrected chi connectivity index (χ0v) is 13.2. The zero-order chi connectivity index (χ0) is 14.9. The van der Waals surface area contributed by atoms with Gasteiger partial charge in [-0.05, 0) is 51.8 Å². The van der Waals surface area contributed by atoms with Gasteiger partial charge in [0.1, 0.15) is 0 Å². The number of aryl methyl sites for hydroxylation is 2. The molecule has 1 unspecified atom stereocenters.